The summed E-state index contributed by atoms with van der Waals surface area (Å²) in [7, 11) is 0. The maximum Gasteiger partial charge on any atom is 0.225 e. The van der Waals surface area contributed by atoms with Crippen LogP contribution in [0.2, 0.25) is 5.02 Å². The van der Waals surface area contributed by atoms with Gasteiger partial charge in [-0.3, -0.25) is 0 Å². The lowest BCUT2D eigenvalue weighted by Crippen LogP contribution is -2.07. The Morgan fingerprint density at radius 3 is 2.72 bits per heavy atom. The lowest BCUT2D eigenvalue weighted by Gasteiger charge is -2.08. The van der Waals surface area contributed by atoms with E-state index in [4.69, 9.17) is 22.3 Å². The fourth-order valence-corrected chi connectivity index (χ4v) is 3.49. The van der Waals surface area contributed by atoms with Crippen molar-refractivity contribution in [3.63, 3.8) is 0 Å². The van der Waals surface area contributed by atoms with Crippen molar-refractivity contribution in [2.45, 2.75) is 12.8 Å². The van der Waals surface area contributed by atoms with Crippen LogP contribution in [-0.4, -0.2) is 26.3 Å². The molecule has 146 valence electrons. The van der Waals surface area contributed by atoms with Crippen LogP contribution < -0.4 is 11.1 Å². The van der Waals surface area contributed by atoms with Gasteiger partial charge in [-0.1, -0.05) is 29.8 Å². The Bertz CT molecular complexity index is 1220. The lowest BCUT2D eigenvalue weighted by molar-refractivity contribution is 0.625. The van der Waals surface area contributed by atoms with Crippen LogP contribution in [0.4, 0.5) is 16.2 Å². The van der Waals surface area contributed by atoms with Crippen molar-refractivity contribution in [3.8, 4) is 16.9 Å². The van der Waals surface area contributed by atoms with E-state index in [-0.39, 0.29) is 5.82 Å². The summed E-state index contributed by atoms with van der Waals surface area (Å²) in [5.74, 6) is 1.13. The Morgan fingerprint density at radius 2 is 1.97 bits per heavy atom. The van der Waals surface area contributed by atoms with Crippen LogP contribution >= 0.6 is 11.6 Å². The van der Waals surface area contributed by atoms with Gasteiger partial charge in [-0.2, -0.15) is 4.98 Å². The first-order valence-corrected chi connectivity index (χ1v) is 9.78. The van der Waals surface area contributed by atoms with Crippen molar-refractivity contribution >= 4 is 34.4 Å². The highest BCUT2D eigenvalue weighted by Gasteiger charge is 2.23. The molecule has 0 atom stereocenters. The number of hydrogen-bond donors (Lipinski definition) is 2. The fraction of sp³-hybridized carbons (Fsp3) is 0.190. The maximum atomic E-state index is 13.7. The standard InChI is InChI=1S/C21H18ClFN6/c22-14-4-1-3-13(9-14)18-17-19(24)29(16-6-2-5-15(23)10-16)28-20(17)27-21(26-18)25-11-12-7-8-12/h1-6,9-10,12H,7-8,11,24H2,(H,25,27,28). The molecule has 4 aromatic rings. The second-order valence-electron chi connectivity index (χ2n) is 7.21. The summed E-state index contributed by atoms with van der Waals surface area (Å²) in [4.78, 5) is 9.26. The van der Waals surface area contributed by atoms with Gasteiger partial charge in [0.15, 0.2) is 5.65 Å². The van der Waals surface area contributed by atoms with Gasteiger partial charge in [0.25, 0.3) is 0 Å². The van der Waals surface area contributed by atoms with Gasteiger partial charge in [0.1, 0.15) is 11.6 Å². The van der Waals surface area contributed by atoms with E-state index in [0.717, 1.165) is 12.1 Å². The van der Waals surface area contributed by atoms with Crippen LogP contribution in [0.5, 0.6) is 0 Å². The van der Waals surface area contributed by atoms with Gasteiger partial charge in [-0.15, -0.1) is 5.10 Å². The molecule has 1 aliphatic rings. The normalized spacial score (nSPS) is 13.7. The largest absolute Gasteiger partial charge is 0.383 e. The van der Waals surface area contributed by atoms with Crippen molar-refractivity contribution in [3.05, 3.63) is 59.4 Å². The van der Waals surface area contributed by atoms with Crippen LogP contribution in [0.25, 0.3) is 28.0 Å². The van der Waals surface area contributed by atoms with Crippen LogP contribution in [0.3, 0.4) is 0 Å². The zero-order valence-electron chi connectivity index (χ0n) is 15.4. The highest BCUT2D eigenvalue weighted by atomic mass is 35.5. The number of benzene rings is 2. The summed E-state index contributed by atoms with van der Waals surface area (Å²) in [5.41, 5.74) is 8.83. The number of nitrogen functional groups attached to an aromatic ring is 1. The Morgan fingerprint density at radius 1 is 1.14 bits per heavy atom. The van der Waals surface area contributed by atoms with Gasteiger partial charge >= 0.3 is 0 Å². The van der Waals surface area contributed by atoms with E-state index in [1.165, 1.54) is 29.7 Å². The summed E-state index contributed by atoms with van der Waals surface area (Å²) in [5, 5.41) is 9.03. The molecule has 6 nitrogen and oxygen atoms in total. The number of anilines is 2. The molecule has 2 heterocycles. The minimum absolute atomic E-state index is 0.342. The van der Waals surface area contributed by atoms with Crippen LogP contribution in [0, 0.1) is 11.7 Å². The minimum Gasteiger partial charge on any atom is -0.383 e. The van der Waals surface area contributed by atoms with Crippen molar-refractivity contribution < 1.29 is 4.39 Å². The predicted octanol–water partition coefficient (Wildman–Crippen LogP) is 4.68. The zero-order valence-corrected chi connectivity index (χ0v) is 16.2. The molecule has 1 saturated carbocycles. The zero-order chi connectivity index (χ0) is 20.0. The number of aromatic nitrogens is 4. The van der Waals surface area contributed by atoms with E-state index in [0.29, 0.717) is 45.1 Å². The topological polar surface area (TPSA) is 81.7 Å². The maximum absolute atomic E-state index is 13.7. The Hall–Kier alpha value is -3.19. The summed E-state index contributed by atoms with van der Waals surface area (Å²) in [6, 6.07) is 13.5. The molecule has 0 spiro atoms. The molecule has 5 rings (SSSR count). The average molecular weight is 409 g/mol. The van der Waals surface area contributed by atoms with Crippen molar-refractivity contribution in [1.29, 1.82) is 0 Å². The Labute approximate surface area is 171 Å². The van der Waals surface area contributed by atoms with E-state index < -0.39 is 0 Å². The van der Waals surface area contributed by atoms with Gasteiger partial charge < -0.3 is 11.1 Å². The summed E-state index contributed by atoms with van der Waals surface area (Å²) >= 11 is 6.20. The Kier molecular flexibility index (Phi) is 4.32. The second kappa shape index (κ2) is 7.00. The summed E-state index contributed by atoms with van der Waals surface area (Å²) in [6.07, 6.45) is 2.44. The molecule has 1 aliphatic carbocycles. The summed E-state index contributed by atoms with van der Waals surface area (Å²) < 4.78 is 15.2. The summed E-state index contributed by atoms with van der Waals surface area (Å²) in [6.45, 7) is 0.820. The van der Waals surface area contributed by atoms with Gasteiger partial charge in [0, 0.05) is 17.1 Å². The highest BCUT2D eigenvalue weighted by Crippen LogP contribution is 2.34. The fourth-order valence-electron chi connectivity index (χ4n) is 3.30. The number of hydrogen-bond acceptors (Lipinski definition) is 5. The predicted molar refractivity (Wildman–Crippen MR) is 113 cm³/mol. The number of nitrogens with one attached hydrogen (secondary N) is 1. The monoisotopic (exact) mass is 408 g/mol. The van der Waals surface area contributed by atoms with E-state index >= 15 is 0 Å². The number of nitrogens with two attached hydrogens (primary N) is 1. The number of halogens is 2. The van der Waals surface area contributed by atoms with Crippen molar-refractivity contribution in [2.75, 3.05) is 17.6 Å². The molecule has 8 heteroatoms. The minimum atomic E-state index is -0.366. The third-order valence-corrected chi connectivity index (χ3v) is 5.20. The molecule has 2 aromatic carbocycles. The first kappa shape index (κ1) is 17.9. The van der Waals surface area contributed by atoms with Gasteiger partial charge in [-0.05, 0) is 49.1 Å². The van der Waals surface area contributed by atoms with Crippen molar-refractivity contribution in [2.24, 2.45) is 5.92 Å². The van der Waals surface area contributed by atoms with Crippen LogP contribution in [0.15, 0.2) is 48.5 Å². The molecule has 0 amide bonds. The molecule has 0 aliphatic heterocycles. The van der Waals surface area contributed by atoms with Gasteiger partial charge in [0.05, 0.1) is 16.8 Å². The molecule has 0 bridgehead atoms. The molecule has 0 unspecified atom stereocenters. The average Bonchev–Trinajstić information content (AvgIpc) is 3.48. The van der Waals surface area contributed by atoms with Gasteiger partial charge in [0.2, 0.25) is 5.95 Å². The number of nitrogens with zero attached hydrogens (tertiary/aromatic N) is 4. The molecule has 1 fully saturated rings. The van der Waals surface area contributed by atoms with Crippen LogP contribution in [0.1, 0.15) is 12.8 Å². The molecule has 29 heavy (non-hydrogen) atoms. The second-order valence-corrected chi connectivity index (χ2v) is 7.64. The quantitative estimate of drug-likeness (QED) is 0.501. The van der Waals surface area contributed by atoms with Crippen molar-refractivity contribution in [1.82, 2.24) is 19.7 Å². The molecule has 2 aromatic heterocycles. The molecule has 0 saturated heterocycles. The first-order valence-electron chi connectivity index (χ1n) is 9.40. The van der Waals surface area contributed by atoms with E-state index in [1.807, 2.05) is 18.2 Å². The molecular weight excluding hydrogens is 391 g/mol. The number of fused-ring (bicyclic) bond motifs is 1. The highest BCUT2D eigenvalue weighted by molar-refractivity contribution is 6.30. The smallest absolute Gasteiger partial charge is 0.225 e. The third kappa shape index (κ3) is 3.49. The number of rotatable bonds is 5. The SMILES string of the molecule is Nc1c2c(-c3cccc(Cl)c3)nc(NCC3CC3)nc2nn1-c1cccc(F)c1. The Balaban J connectivity index is 1.70. The van der Waals surface area contributed by atoms with Crippen LogP contribution in [-0.2, 0) is 0 Å². The molecule has 3 N–H and O–H groups in total. The molecule has 0 radical (unpaired) electrons. The van der Waals surface area contributed by atoms with E-state index in [2.05, 4.69) is 15.4 Å². The van der Waals surface area contributed by atoms with Gasteiger partial charge in [-0.25, -0.2) is 14.1 Å². The lowest BCUT2D eigenvalue weighted by atomic mass is 10.1. The van der Waals surface area contributed by atoms with E-state index in [9.17, 15) is 4.39 Å². The third-order valence-electron chi connectivity index (χ3n) is 4.97. The van der Waals surface area contributed by atoms with E-state index in [1.54, 1.807) is 18.2 Å². The molecular formula is C21H18ClFN6. The first-order chi connectivity index (χ1) is 14.1.